The van der Waals surface area contributed by atoms with E-state index in [4.69, 9.17) is 11.5 Å². The van der Waals surface area contributed by atoms with E-state index in [1.807, 2.05) is 24.3 Å². The third kappa shape index (κ3) is 9.24. The Labute approximate surface area is 281 Å². The van der Waals surface area contributed by atoms with E-state index in [0.717, 1.165) is 49.9 Å². The molecule has 6 rings (SSSR count). The zero-order valence-electron chi connectivity index (χ0n) is 27.6. The minimum Gasteiger partial charge on any atom is -0.399 e. The zero-order valence-corrected chi connectivity index (χ0v) is 27.6. The van der Waals surface area contributed by atoms with Crippen LogP contribution in [0.3, 0.4) is 0 Å². The zero-order chi connectivity index (χ0) is 32.4. The van der Waals surface area contributed by atoms with E-state index in [1.54, 1.807) is 0 Å². The first-order chi connectivity index (χ1) is 23.0. The Morgan fingerprint density at radius 2 is 0.638 bits per heavy atom. The molecule has 0 radical (unpaired) electrons. The molecule has 0 aliphatic carbocycles. The van der Waals surface area contributed by atoms with Gasteiger partial charge in [-0.2, -0.15) is 0 Å². The summed E-state index contributed by atoms with van der Waals surface area (Å²) < 4.78 is 0. The van der Waals surface area contributed by atoms with Crippen LogP contribution in [0.15, 0.2) is 140 Å². The number of unbranched alkanes of at least 4 members (excludes halogenated alkanes) is 1. The highest BCUT2D eigenvalue weighted by molar-refractivity contribution is 5.43. The van der Waals surface area contributed by atoms with Gasteiger partial charge < -0.3 is 11.5 Å². The van der Waals surface area contributed by atoms with E-state index >= 15 is 0 Å². The summed E-state index contributed by atoms with van der Waals surface area (Å²) in [5.41, 5.74) is 28.3. The molecule has 0 spiro atoms. The van der Waals surface area contributed by atoms with E-state index in [2.05, 4.69) is 122 Å². The average molecular weight is 615 g/mol. The molecule has 6 aromatic carbocycles. The maximum atomic E-state index is 5.85. The molecule has 0 amide bonds. The molecule has 0 bridgehead atoms. The van der Waals surface area contributed by atoms with Crippen molar-refractivity contribution in [3.8, 4) is 0 Å². The largest absolute Gasteiger partial charge is 0.399 e. The first-order valence-corrected chi connectivity index (χ1v) is 17.0. The number of nitrogen functional groups attached to an aromatic ring is 2. The first-order valence-electron chi connectivity index (χ1n) is 17.0. The van der Waals surface area contributed by atoms with E-state index < -0.39 is 0 Å². The van der Waals surface area contributed by atoms with E-state index in [0.29, 0.717) is 0 Å². The van der Waals surface area contributed by atoms with Crippen LogP contribution in [-0.4, -0.2) is 0 Å². The number of anilines is 2. The lowest BCUT2D eigenvalue weighted by Gasteiger charge is -2.13. The van der Waals surface area contributed by atoms with Gasteiger partial charge in [-0.05, 0) is 130 Å². The lowest BCUT2D eigenvalue weighted by molar-refractivity contribution is 0.787. The van der Waals surface area contributed by atoms with Crippen LogP contribution >= 0.6 is 0 Å². The maximum Gasteiger partial charge on any atom is 0.0314 e. The van der Waals surface area contributed by atoms with Gasteiger partial charge in [-0.15, -0.1) is 0 Å². The second kappa shape index (κ2) is 15.5. The number of nitrogens with two attached hydrogens (primary N) is 2. The van der Waals surface area contributed by atoms with Gasteiger partial charge in [0.1, 0.15) is 0 Å². The van der Waals surface area contributed by atoms with Crippen molar-refractivity contribution >= 4 is 11.4 Å². The average Bonchev–Trinajstić information content (AvgIpc) is 3.09. The molecule has 0 saturated heterocycles. The summed E-state index contributed by atoms with van der Waals surface area (Å²) in [7, 11) is 0. The minimum absolute atomic E-state index is 0.810. The molecule has 0 heterocycles. The van der Waals surface area contributed by atoms with Crippen LogP contribution in [0.5, 0.6) is 0 Å². The maximum absolute atomic E-state index is 5.85. The summed E-state index contributed by atoms with van der Waals surface area (Å²) >= 11 is 0. The van der Waals surface area contributed by atoms with Gasteiger partial charge in [-0.25, -0.2) is 0 Å². The lowest BCUT2D eigenvalue weighted by Crippen LogP contribution is -2.00. The van der Waals surface area contributed by atoms with Crippen molar-refractivity contribution < 1.29 is 0 Å². The monoisotopic (exact) mass is 614 g/mol. The van der Waals surface area contributed by atoms with Crippen LogP contribution in [-0.2, 0) is 38.5 Å². The van der Waals surface area contributed by atoms with Gasteiger partial charge in [-0.3, -0.25) is 0 Å². The quantitative estimate of drug-likeness (QED) is 0.127. The van der Waals surface area contributed by atoms with E-state index in [9.17, 15) is 0 Å². The van der Waals surface area contributed by atoms with Crippen LogP contribution in [0.25, 0.3) is 0 Å². The lowest BCUT2D eigenvalue weighted by atomic mass is 9.92. The van der Waals surface area contributed by atoms with Gasteiger partial charge >= 0.3 is 0 Å². The van der Waals surface area contributed by atoms with Crippen molar-refractivity contribution in [2.24, 2.45) is 0 Å². The molecule has 0 atom stereocenters. The molecule has 0 unspecified atom stereocenters. The van der Waals surface area contributed by atoms with Gasteiger partial charge in [0.05, 0.1) is 0 Å². The van der Waals surface area contributed by atoms with Crippen molar-refractivity contribution in [3.63, 3.8) is 0 Å². The number of hydrogen-bond acceptors (Lipinski definition) is 2. The number of benzene rings is 6. The van der Waals surface area contributed by atoms with Crippen molar-refractivity contribution in [1.29, 1.82) is 0 Å². The van der Waals surface area contributed by atoms with Crippen LogP contribution in [0, 0.1) is 0 Å². The molecule has 2 nitrogen and oxygen atoms in total. The summed E-state index contributed by atoms with van der Waals surface area (Å²) in [4.78, 5) is 0. The third-order valence-corrected chi connectivity index (χ3v) is 9.13. The first kappa shape index (κ1) is 31.9. The van der Waals surface area contributed by atoms with Crippen LogP contribution in [0.2, 0.25) is 0 Å². The van der Waals surface area contributed by atoms with Gasteiger partial charge in [0, 0.05) is 11.4 Å². The fourth-order valence-corrected chi connectivity index (χ4v) is 6.32. The Hall–Kier alpha value is -5.08. The normalized spacial score (nSPS) is 11.1. The molecular formula is C45H46N2. The molecular weight excluding hydrogens is 569 g/mol. The highest BCUT2D eigenvalue weighted by atomic mass is 14.5. The molecule has 0 aromatic heterocycles. The smallest absolute Gasteiger partial charge is 0.0314 e. The highest BCUT2D eigenvalue weighted by Crippen LogP contribution is 2.23. The topological polar surface area (TPSA) is 52.0 Å². The Bertz CT molecular complexity index is 1850. The molecule has 236 valence electrons. The van der Waals surface area contributed by atoms with Gasteiger partial charge in [0.15, 0.2) is 0 Å². The Morgan fingerprint density at radius 1 is 0.340 bits per heavy atom. The SMILES string of the molecule is CCCCc1cc(Cc2ccc(Cc3ccc(N)cc3)cc2)ccc1Cc1ccc(Cc2ccc(Cc3ccc(N)cc3)cc2)cc1. The number of aryl methyl sites for hydroxylation is 1. The molecule has 47 heavy (non-hydrogen) atoms. The van der Waals surface area contributed by atoms with Crippen molar-refractivity contribution in [2.45, 2.75) is 58.3 Å². The van der Waals surface area contributed by atoms with Crippen LogP contribution in [0.4, 0.5) is 11.4 Å². The van der Waals surface area contributed by atoms with E-state index in [-0.39, 0.29) is 0 Å². The predicted molar refractivity (Wildman–Crippen MR) is 200 cm³/mol. The number of hydrogen-bond donors (Lipinski definition) is 2. The van der Waals surface area contributed by atoms with Gasteiger partial charge in [0.25, 0.3) is 0 Å². The van der Waals surface area contributed by atoms with Crippen molar-refractivity contribution in [2.75, 3.05) is 11.5 Å². The summed E-state index contributed by atoms with van der Waals surface area (Å²) in [5, 5.41) is 0. The fraction of sp³-hybridized carbons (Fsp3) is 0.200. The summed E-state index contributed by atoms with van der Waals surface area (Å²) in [6, 6.07) is 50.8. The van der Waals surface area contributed by atoms with Crippen molar-refractivity contribution in [3.05, 3.63) is 201 Å². The molecule has 0 fully saturated rings. The Kier molecular flexibility index (Phi) is 10.5. The van der Waals surface area contributed by atoms with Crippen LogP contribution < -0.4 is 11.5 Å². The molecule has 0 aliphatic rings. The molecule has 6 aromatic rings. The highest BCUT2D eigenvalue weighted by Gasteiger charge is 2.08. The number of rotatable bonds is 13. The molecule has 0 aliphatic heterocycles. The van der Waals surface area contributed by atoms with Crippen molar-refractivity contribution in [1.82, 2.24) is 0 Å². The summed E-state index contributed by atoms with van der Waals surface area (Å²) in [6.07, 6.45) is 8.28. The second-order valence-corrected chi connectivity index (χ2v) is 13.0. The molecule has 4 N–H and O–H groups in total. The molecule has 2 heteroatoms. The van der Waals surface area contributed by atoms with Crippen LogP contribution in [0.1, 0.15) is 81.0 Å². The predicted octanol–water partition coefficient (Wildman–Crippen LogP) is 10.1. The van der Waals surface area contributed by atoms with E-state index in [1.165, 1.54) is 74.0 Å². The molecule has 0 saturated carbocycles. The fourth-order valence-electron chi connectivity index (χ4n) is 6.32. The van der Waals surface area contributed by atoms with Gasteiger partial charge in [0.2, 0.25) is 0 Å². The second-order valence-electron chi connectivity index (χ2n) is 13.0. The van der Waals surface area contributed by atoms with Gasteiger partial charge in [-0.1, -0.05) is 129 Å². The Balaban J connectivity index is 1.06. The summed E-state index contributed by atoms with van der Waals surface area (Å²) in [6.45, 7) is 2.28. The Morgan fingerprint density at radius 3 is 1.00 bits per heavy atom. The summed E-state index contributed by atoms with van der Waals surface area (Å²) in [5.74, 6) is 0. The third-order valence-electron chi connectivity index (χ3n) is 9.13. The standard InChI is InChI=1S/C45H46N2/c1-2-3-4-42-32-41(30-37-11-9-35(10-12-37)29-39-20-25-45(47)26-21-39)17-22-43(42)31-40-15-13-36(14-16-40)27-33-5-7-34(8-6-33)28-38-18-23-44(46)24-19-38/h5-26,32H,2-4,27-31,46-47H2,1H3. The minimum atomic E-state index is 0.810.